The number of benzene rings is 2. The second-order valence-corrected chi connectivity index (χ2v) is 9.98. The fourth-order valence-corrected chi connectivity index (χ4v) is 5.06. The lowest BCUT2D eigenvalue weighted by atomic mass is 10.1. The lowest BCUT2D eigenvalue weighted by Crippen LogP contribution is -2.40. The molecule has 0 bridgehead atoms. The van der Waals surface area contributed by atoms with E-state index in [-0.39, 0.29) is 31.0 Å². The summed E-state index contributed by atoms with van der Waals surface area (Å²) < 4.78 is 43.2. The van der Waals surface area contributed by atoms with E-state index in [9.17, 15) is 18.0 Å². The van der Waals surface area contributed by atoms with Crippen LogP contribution in [0.3, 0.4) is 0 Å². The minimum absolute atomic E-state index is 0.00681. The van der Waals surface area contributed by atoms with Crippen LogP contribution in [0.4, 0.5) is 5.69 Å². The Morgan fingerprint density at radius 2 is 1.74 bits per heavy atom. The van der Waals surface area contributed by atoms with E-state index in [2.05, 4.69) is 5.32 Å². The SMILES string of the molecule is Cc1ccc(C)c(OCCC(=O)OCC(=O)Nc2ccc(C)c(S(=O)(=O)N3CCOCC3)c2)c1. The molecule has 0 unspecified atom stereocenters. The summed E-state index contributed by atoms with van der Waals surface area (Å²) in [5, 5.41) is 2.58. The largest absolute Gasteiger partial charge is 0.493 e. The molecule has 1 aliphatic rings. The van der Waals surface area contributed by atoms with E-state index in [1.807, 2.05) is 32.0 Å². The highest BCUT2D eigenvalue weighted by molar-refractivity contribution is 7.89. The van der Waals surface area contributed by atoms with Gasteiger partial charge in [0.1, 0.15) is 5.75 Å². The molecule has 0 aromatic heterocycles. The van der Waals surface area contributed by atoms with Crippen LogP contribution in [0.5, 0.6) is 5.75 Å². The van der Waals surface area contributed by atoms with E-state index in [4.69, 9.17) is 14.2 Å². The van der Waals surface area contributed by atoms with Crippen molar-refractivity contribution in [1.29, 1.82) is 0 Å². The molecule has 184 valence electrons. The maximum absolute atomic E-state index is 13.0. The number of anilines is 1. The van der Waals surface area contributed by atoms with Crippen LogP contribution in [0.1, 0.15) is 23.1 Å². The second-order valence-electron chi connectivity index (χ2n) is 8.07. The highest BCUT2D eigenvalue weighted by Gasteiger charge is 2.28. The van der Waals surface area contributed by atoms with Gasteiger partial charge >= 0.3 is 5.97 Å². The second kappa shape index (κ2) is 11.5. The summed E-state index contributed by atoms with van der Waals surface area (Å²) in [6.45, 7) is 6.46. The number of esters is 1. The van der Waals surface area contributed by atoms with E-state index < -0.39 is 28.5 Å². The first-order valence-electron chi connectivity index (χ1n) is 11.0. The molecular formula is C24H30N2O7S. The molecule has 0 spiro atoms. The summed E-state index contributed by atoms with van der Waals surface area (Å²) in [6.07, 6.45) is -0.00681. The van der Waals surface area contributed by atoms with Crippen molar-refractivity contribution in [3.8, 4) is 5.75 Å². The lowest BCUT2D eigenvalue weighted by Gasteiger charge is -2.26. The Balaban J connectivity index is 1.50. The summed E-state index contributed by atoms with van der Waals surface area (Å²) in [6, 6.07) is 10.5. The first-order valence-corrected chi connectivity index (χ1v) is 12.4. The minimum atomic E-state index is -3.71. The van der Waals surface area contributed by atoms with Crippen LogP contribution in [-0.4, -0.2) is 64.1 Å². The molecule has 0 saturated carbocycles. The predicted octanol–water partition coefficient (Wildman–Crippen LogP) is 2.58. The number of ether oxygens (including phenoxy) is 3. The summed E-state index contributed by atoms with van der Waals surface area (Å²) in [4.78, 5) is 24.3. The van der Waals surface area contributed by atoms with E-state index in [1.165, 1.54) is 10.4 Å². The van der Waals surface area contributed by atoms with Crippen LogP contribution in [-0.2, 0) is 29.1 Å². The van der Waals surface area contributed by atoms with Crippen molar-refractivity contribution in [2.75, 3.05) is 44.8 Å². The van der Waals surface area contributed by atoms with Crippen molar-refractivity contribution in [3.63, 3.8) is 0 Å². The molecule has 10 heteroatoms. The molecule has 3 rings (SSSR count). The number of aryl methyl sites for hydroxylation is 3. The molecule has 1 N–H and O–H groups in total. The average molecular weight is 491 g/mol. The Bertz CT molecular complexity index is 1140. The Kier molecular flexibility index (Phi) is 8.65. The number of nitrogens with one attached hydrogen (secondary N) is 1. The van der Waals surface area contributed by atoms with Gasteiger partial charge in [0.25, 0.3) is 5.91 Å². The van der Waals surface area contributed by atoms with E-state index in [0.29, 0.717) is 30.2 Å². The fourth-order valence-electron chi connectivity index (χ4n) is 3.40. The number of rotatable bonds is 9. The van der Waals surface area contributed by atoms with Gasteiger partial charge in [-0.2, -0.15) is 4.31 Å². The molecule has 0 atom stereocenters. The quantitative estimate of drug-likeness (QED) is 0.538. The maximum atomic E-state index is 13.0. The Morgan fingerprint density at radius 3 is 2.47 bits per heavy atom. The van der Waals surface area contributed by atoms with Crippen molar-refractivity contribution in [3.05, 3.63) is 53.1 Å². The summed E-state index contributed by atoms with van der Waals surface area (Å²) >= 11 is 0. The predicted molar refractivity (Wildman–Crippen MR) is 126 cm³/mol. The molecule has 9 nitrogen and oxygen atoms in total. The Labute approximate surface area is 200 Å². The standard InChI is InChI=1S/C24H30N2O7S/c1-17-4-5-18(2)21(14-17)32-11-8-24(28)33-16-23(27)25-20-7-6-19(3)22(15-20)34(29,30)26-9-12-31-13-10-26/h4-7,14-15H,8-13,16H2,1-3H3,(H,25,27). The molecule has 1 heterocycles. The molecule has 34 heavy (non-hydrogen) atoms. The lowest BCUT2D eigenvalue weighted by molar-refractivity contribution is -0.147. The normalized spacial score (nSPS) is 14.4. The summed E-state index contributed by atoms with van der Waals surface area (Å²) in [5.74, 6) is -0.435. The highest BCUT2D eigenvalue weighted by atomic mass is 32.2. The van der Waals surface area contributed by atoms with Gasteiger partial charge in [-0.15, -0.1) is 0 Å². The molecule has 2 aromatic carbocycles. The van der Waals surface area contributed by atoms with Crippen LogP contribution in [0.25, 0.3) is 0 Å². The van der Waals surface area contributed by atoms with Crippen molar-refractivity contribution >= 4 is 27.6 Å². The van der Waals surface area contributed by atoms with E-state index >= 15 is 0 Å². The monoisotopic (exact) mass is 490 g/mol. The summed E-state index contributed by atoms with van der Waals surface area (Å²) in [7, 11) is -3.71. The molecule has 2 aromatic rings. The number of carbonyl (C=O) groups excluding carboxylic acids is 2. The number of nitrogens with zero attached hydrogens (tertiary/aromatic N) is 1. The van der Waals surface area contributed by atoms with Gasteiger partial charge in [-0.25, -0.2) is 8.42 Å². The number of carbonyl (C=O) groups is 2. The van der Waals surface area contributed by atoms with Gasteiger partial charge in [-0.3, -0.25) is 9.59 Å². The van der Waals surface area contributed by atoms with Gasteiger partial charge in [-0.05, 0) is 55.7 Å². The zero-order valence-corrected chi connectivity index (χ0v) is 20.4. The summed E-state index contributed by atoms with van der Waals surface area (Å²) in [5.41, 5.74) is 2.89. The number of hydrogen-bond acceptors (Lipinski definition) is 7. The molecule has 0 radical (unpaired) electrons. The zero-order chi connectivity index (χ0) is 24.7. The van der Waals surface area contributed by atoms with Crippen molar-refractivity contribution in [2.24, 2.45) is 0 Å². The van der Waals surface area contributed by atoms with Crippen LogP contribution < -0.4 is 10.1 Å². The van der Waals surface area contributed by atoms with Crippen LogP contribution in [0.15, 0.2) is 41.3 Å². The van der Waals surface area contributed by atoms with Gasteiger partial charge in [0, 0.05) is 18.8 Å². The molecule has 1 fully saturated rings. The van der Waals surface area contributed by atoms with Gasteiger partial charge in [0.15, 0.2) is 6.61 Å². The maximum Gasteiger partial charge on any atom is 0.309 e. The minimum Gasteiger partial charge on any atom is -0.493 e. The van der Waals surface area contributed by atoms with E-state index in [1.54, 1.807) is 19.1 Å². The average Bonchev–Trinajstić information content (AvgIpc) is 2.81. The van der Waals surface area contributed by atoms with Gasteiger partial charge in [0.2, 0.25) is 10.0 Å². The van der Waals surface area contributed by atoms with E-state index in [0.717, 1.165) is 11.1 Å². The Morgan fingerprint density at radius 1 is 1.03 bits per heavy atom. The third-order valence-electron chi connectivity index (χ3n) is 5.33. The topological polar surface area (TPSA) is 111 Å². The number of morpholine rings is 1. The van der Waals surface area contributed by atoms with Crippen molar-refractivity contribution in [2.45, 2.75) is 32.1 Å². The first kappa shape index (κ1) is 25.7. The van der Waals surface area contributed by atoms with Crippen molar-refractivity contribution in [1.82, 2.24) is 4.31 Å². The Hall–Kier alpha value is -2.95. The molecule has 1 amide bonds. The van der Waals surface area contributed by atoms with Gasteiger partial charge < -0.3 is 19.5 Å². The van der Waals surface area contributed by atoms with Crippen LogP contribution in [0, 0.1) is 20.8 Å². The zero-order valence-electron chi connectivity index (χ0n) is 19.6. The number of sulfonamides is 1. The van der Waals surface area contributed by atoms with Crippen LogP contribution >= 0.6 is 0 Å². The van der Waals surface area contributed by atoms with Gasteiger partial charge in [0.05, 0.1) is 31.1 Å². The first-order chi connectivity index (χ1) is 16.2. The molecule has 1 saturated heterocycles. The smallest absolute Gasteiger partial charge is 0.309 e. The fraction of sp³-hybridized carbons (Fsp3) is 0.417. The molecular weight excluding hydrogens is 460 g/mol. The third-order valence-corrected chi connectivity index (χ3v) is 7.37. The number of amides is 1. The third kappa shape index (κ3) is 6.78. The highest BCUT2D eigenvalue weighted by Crippen LogP contribution is 2.24. The number of hydrogen-bond donors (Lipinski definition) is 1. The van der Waals surface area contributed by atoms with Gasteiger partial charge in [-0.1, -0.05) is 18.2 Å². The molecule has 1 aliphatic heterocycles. The van der Waals surface area contributed by atoms with Crippen molar-refractivity contribution < 1.29 is 32.2 Å². The molecule has 0 aliphatic carbocycles. The van der Waals surface area contributed by atoms with Crippen LogP contribution in [0.2, 0.25) is 0 Å².